The SMILES string of the molecule is O=C(NCCc1ccc(O)cc1)NCc1ccc(-n2ccnc2)c(F)c1. The lowest BCUT2D eigenvalue weighted by molar-refractivity contribution is 0.240. The fraction of sp³-hybridized carbons (Fsp3) is 0.158. The summed E-state index contributed by atoms with van der Waals surface area (Å²) in [5.74, 6) is -0.166. The van der Waals surface area contributed by atoms with Gasteiger partial charge in [-0.2, -0.15) is 0 Å². The Hall–Kier alpha value is -3.35. The molecule has 2 aromatic carbocycles. The van der Waals surface area contributed by atoms with Gasteiger partial charge in [-0.25, -0.2) is 14.2 Å². The van der Waals surface area contributed by atoms with Crippen molar-refractivity contribution >= 4 is 6.03 Å². The van der Waals surface area contributed by atoms with Crippen LogP contribution < -0.4 is 10.6 Å². The van der Waals surface area contributed by atoms with Gasteiger partial charge in [-0.3, -0.25) is 0 Å². The highest BCUT2D eigenvalue weighted by molar-refractivity contribution is 5.73. The van der Waals surface area contributed by atoms with Crippen molar-refractivity contribution in [2.24, 2.45) is 0 Å². The lowest BCUT2D eigenvalue weighted by Gasteiger charge is -2.09. The summed E-state index contributed by atoms with van der Waals surface area (Å²) in [6, 6.07) is 11.3. The molecule has 134 valence electrons. The number of amides is 2. The highest BCUT2D eigenvalue weighted by Crippen LogP contribution is 2.15. The summed E-state index contributed by atoms with van der Waals surface area (Å²) in [5, 5.41) is 14.7. The zero-order valence-electron chi connectivity index (χ0n) is 14.0. The van der Waals surface area contributed by atoms with Crippen molar-refractivity contribution in [2.45, 2.75) is 13.0 Å². The third-order valence-corrected chi connectivity index (χ3v) is 3.88. The van der Waals surface area contributed by atoms with Gasteiger partial charge >= 0.3 is 6.03 Å². The largest absolute Gasteiger partial charge is 0.508 e. The van der Waals surface area contributed by atoms with E-state index in [9.17, 15) is 14.3 Å². The van der Waals surface area contributed by atoms with Crippen molar-refractivity contribution in [3.63, 3.8) is 0 Å². The first-order chi connectivity index (χ1) is 12.6. The van der Waals surface area contributed by atoms with Gasteiger partial charge in [0.1, 0.15) is 11.6 Å². The minimum atomic E-state index is -0.380. The van der Waals surface area contributed by atoms with Crippen LogP contribution in [0.1, 0.15) is 11.1 Å². The molecule has 0 atom stereocenters. The molecule has 0 saturated heterocycles. The Morgan fingerprint density at radius 3 is 2.58 bits per heavy atom. The van der Waals surface area contributed by atoms with Crippen LogP contribution >= 0.6 is 0 Å². The van der Waals surface area contributed by atoms with Crippen molar-refractivity contribution in [3.05, 3.63) is 78.1 Å². The number of nitrogens with one attached hydrogen (secondary N) is 2. The molecular formula is C19H19FN4O2. The van der Waals surface area contributed by atoms with Gasteiger partial charge in [0.15, 0.2) is 0 Å². The van der Waals surface area contributed by atoms with Crippen molar-refractivity contribution in [2.75, 3.05) is 6.54 Å². The third-order valence-electron chi connectivity index (χ3n) is 3.88. The van der Waals surface area contributed by atoms with E-state index < -0.39 is 0 Å². The number of phenols is 1. The van der Waals surface area contributed by atoms with E-state index in [2.05, 4.69) is 15.6 Å². The second kappa shape index (κ2) is 8.15. The van der Waals surface area contributed by atoms with E-state index in [4.69, 9.17) is 0 Å². The molecule has 0 aliphatic carbocycles. The quantitative estimate of drug-likeness (QED) is 0.637. The van der Waals surface area contributed by atoms with E-state index in [1.807, 2.05) is 0 Å². The summed E-state index contributed by atoms with van der Waals surface area (Å²) in [4.78, 5) is 15.7. The van der Waals surface area contributed by atoms with E-state index >= 15 is 0 Å². The average Bonchev–Trinajstić information content (AvgIpc) is 3.16. The fourth-order valence-corrected chi connectivity index (χ4v) is 2.50. The number of halogens is 1. The maximum atomic E-state index is 14.2. The Morgan fingerprint density at radius 2 is 1.88 bits per heavy atom. The number of carbonyl (C=O) groups is 1. The number of hydrogen-bond donors (Lipinski definition) is 3. The van der Waals surface area contributed by atoms with Crippen LogP contribution in [0.5, 0.6) is 5.75 Å². The lowest BCUT2D eigenvalue weighted by atomic mass is 10.1. The molecule has 0 aliphatic rings. The summed E-state index contributed by atoms with van der Waals surface area (Å²) in [5.41, 5.74) is 2.09. The Balaban J connectivity index is 1.45. The van der Waals surface area contributed by atoms with Crippen molar-refractivity contribution in [1.82, 2.24) is 20.2 Å². The molecule has 7 heteroatoms. The molecule has 2 amide bonds. The summed E-state index contributed by atoms with van der Waals surface area (Å²) >= 11 is 0. The van der Waals surface area contributed by atoms with Crippen LogP contribution in [0.4, 0.5) is 9.18 Å². The van der Waals surface area contributed by atoms with Gasteiger partial charge in [0, 0.05) is 25.5 Å². The zero-order chi connectivity index (χ0) is 18.4. The molecule has 0 aliphatic heterocycles. The number of imidazole rings is 1. The molecular weight excluding hydrogens is 335 g/mol. The van der Waals surface area contributed by atoms with Crippen LogP contribution in [0.25, 0.3) is 5.69 Å². The summed E-state index contributed by atoms with van der Waals surface area (Å²) in [6.07, 6.45) is 5.43. The Morgan fingerprint density at radius 1 is 1.12 bits per heavy atom. The van der Waals surface area contributed by atoms with Gasteiger partial charge in [0.05, 0.1) is 12.0 Å². The topological polar surface area (TPSA) is 79.2 Å². The van der Waals surface area contributed by atoms with Gasteiger partial charge in [0.25, 0.3) is 0 Å². The van der Waals surface area contributed by atoms with Crippen LogP contribution in [-0.2, 0) is 13.0 Å². The maximum absolute atomic E-state index is 14.2. The standard InChI is InChI=1S/C19H19FN4O2/c20-17-11-15(3-6-18(17)24-10-9-21-13-24)12-23-19(26)22-8-7-14-1-4-16(25)5-2-14/h1-6,9-11,13,25H,7-8,12H2,(H2,22,23,26). The van der Waals surface area contributed by atoms with Crippen molar-refractivity contribution < 1.29 is 14.3 Å². The first-order valence-electron chi connectivity index (χ1n) is 8.18. The second-order valence-corrected chi connectivity index (χ2v) is 5.78. The first kappa shape index (κ1) is 17.5. The van der Waals surface area contributed by atoms with Crippen LogP contribution in [0.3, 0.4) is 0 Å². The zero-order valence-corrected chi connectivity index (χ0v) is 14.0. The van der Waals surface area contributed by atoms with Gasteiger partial charge in [-0.15, -0.1) is 0 Å². The number of benzene rings is 2. The normalized spacial score (nSPS) is 10.5. The number of hydrogen-bond acceptors (Lipinski definition) is 3. The molecule has 3 N–H and O–H groups in total. The monoisotopic (exact) mass is 354 g/mol. The molecule has 0 bridgehead atoms. The summed E-state index contributed by atoms with van der Waals surface area (Å²) < 4.78 is 15.7. The van der Waals surface area contributed by atoms with Crippen LogP contribution in [0, 0.1) is 5.82 Å². The molecule has 26 heavy (non-hydrogen) atoms. The summed E-state index contributed by atoms with van der Waals surface area (Å²) in [7, 11) is 0. The minimum Gasteiger partial charge on any atom is -0.508 e. The molecule has 0 saturated carbocycles. The number of phenolic OH excluding ortho intramolecular Hbond substituents is 1. The van der Waals surface area contributed by atoms with Crippen LogP contribution in [-0.4, -0.2) is 27.2 Å². The Bertz CT molecular complexity index is 864. The average molecular weight is 354 g/mol. The van der Waals surface area contributed by atoms with Crippen molar-refractivity contribution in [1.29, 1.82) is 0 Å². The minimum absolute atomic E-state index is 0.214. The predicted molar refractivity (Wildman–Crippen MR) is 95.6 cm³/mol. The predicted octanol–water partition coefficient (Wildman–Crippen LogP) is 2.76. The molecule has 0 fully saturated rings. The van der Waals surface area contributed by atoms with E-state index in [0.717, 1.165) is 5.56 Å². The molecule has 0 radical (unpaired) electrons. The number of carbonyl (C=O) groups excluding carboxylic acids is 1. The molecule has 1 aromatic heterocycles. The third kappa shape index (κ3) is 4.60. The van der Waals surface area contributed by atoms with Gasteiger partial charge in [-0.05, 0) is 41.8 Å². The number of nitrogens with zero attached hydrogens (tertiary/aromatic N) is 2. The number of aromatic hydroxyl groups is 1. The number of urea groups is 1. The van der Waals surface area contributed by atoms with Gasteiger partial charge in [0.2, 0.25) is 0 Å². The number of rotatable bonds is 6. The second-order valence-electron chi connectivity index (χ2n) is 5.78. The molecule has 0 unspecified atom stereocenters. The highest BCUT2D eigenvalue weighted by Gasteiger charge is 2.06. The first-order valence-corrected chi connectivity index (χ1v) is 8.18. The van der Waals surface area contributed by atoms with Crippen molar-refractivity contribution in [3.8, 4) is 11.4 Å². The molecule has 0 spiro atoms. The van der Waals surface area contributed by atoms with E-state index in [-0.39, 0.29) is 24.1 Å². The molecule has 6 nitrogen and oxygen atoms in total. The van der Waals surface area contributed by atoms with E-state index in [1.165, 1.54) is 12.4 Å². The van der Waals surface area contributed by atoms with Gasteiger partial charge in [-0.1, -0.05) is 18.2 Å². The summed E-state index contributed by atoms with van der Waals surface area (Å²) in [6.45, 7) is 0.691. The van der Waals surface area contributed by atoms with Gasteiger partial charge < -0.3 is 20.3 Å². The Kier molecular flexibility index (Phi) is 5.48. The molecule has 3 rings (SSSR count). The lowest BCUT2D eigenvalue weighted by Crippen LogP contribution is -2.36. The Labute approximate surface area is 150 Å². The van der Waals surface area contributed by atoms with Crippen LogP contribution in [0.15, 0.2) is 61.2 Å². The smallest absolute Gasteiger partial charge is 0.315 e. The van der Waals surface area contributed by atoms with Crippen LogP contribution in [0.2, 0.25) is 0 Å². The highest BCUT2D eigenvalue weighted by atomic mass is 19.1. The fourth-order valence-electron chi connectivity index (χ4n) is 2.50. The van der Waals surface area contributed by atoms with E-state index in [0.29, 0.717) is 24.2 Å². The maximum Gasteiger partial charge on any atom is 0.315 e. The molecule has 1 heterocycles. The van der Waals surface area contributed by atoms with E-state index in [1.54, 1.807) is 53.4 Å². The number of aromatic nitrogens is 2. The molecule has 3 aromatic rings.